The number of ketones is 1. The van der Waals surface area contributed by atoms with Crippen molar-refractivity contribution < 1.29 is 14.3 Å². The van der Waals surface area contributed by atoms with Gasteiger partial charge in [-0.25, -0.2) is 9.78 Å². The average Bonchev–Trinajstić information content (AvgIpc) is 3.51. The number of aryl methyl sites for hydroxylation is 1. The highest BCUT2D eigenvalue weighted by atomic mass is 32.1. The summed E-state index contributed by atoms with van der Waals surface area (Å²) in [6.07, 6.45) is 4.44. The van der Waals surface area contributed by atoms with Crippen LogP contribution in [0.15, 0.2) is 59.7 Å². The van der Waals surface area contributed by atoms with Gasteiger partial charge in [0.15, 0.2) is 5.78 Å². The summed E-state index contributed by atoms with van der Waals surface area (Å²) >= 11 is 1.57. The van der Waals surface area contributed by atoms with Gasteiger partial charge >= 0.3 is 6.09 Å². The van der Waals surface area contributed by atoms with E-state index in [2.05, 4.69) is 26.7 Å². The first-order valence-electron chi connectivity index (χ1n) is 10.0. The molecule has 0 saturated carbocycles. The fourth-order valence-electron chi connectivity index (χ4n) is 3.14. The molecule has 0 radical (unpaired) electrons. The molecule has 1 aromatic carbocycles. The monoisotopic (exact) mass is 456 g/mol. The maximum atomic E-state index is 12.7. The summed E-state index contributed by atoms with van der Waals surface area (Å²) in [4.78, 5) is 28.5. The van der Waals surface area contributed by atoms with Crippen LogP contribution in [0.25, 0.3) is 11.1 Å². The van der Waals surface area contributed by atoms with Gasteiger partial charge < -0.3 is 10.5 Å². The molecule has 2 N–H and O–H groups in total. The molecule has 0 aliphatic carbocycles. The van der Waals surface area contributed by atoms with Crippen molar-refractivity contribution in [2.24, 2.45) is 0 Å². The van der Waals surface area contributed by atoms with Crippen LogP contribution in [0, 0.1) is 18.8 Å². The zero-order valence-corrected chi connectivity index (χ0v) is 18.8. The van der Waals surface area contributed by atoms with Crippen molar-refractivity contribution in [1.82, 2.24) is 14.8 Å². The molecule has 4 rings (SSSR count). The van der Waals surface area contributed by atoms with Crippen molar-refractivity contribution >= 4 is 29.0 Å². The molecule has 0 atom stereocenters. The lowest BCUT2D eigenvalue weighted by atomic mass is 9.99. The normalized spacial score (nSPS) is 10.4. The number of thiophene rings is 1. The van der Waals surface area contributed by atoms with E-state index < -0.39 is 6.09 Å². The minimum atomic E-state index is -0.589. The molecular formula is C25H20N4O3S. The van der Waals surface area contributed by atoms with Crippen molar-refractivity contribution in [3.63, 3.8) is 0 Å². The molecule has 0 unspecified atom stereocenters. The Morgan fingerprint density at radius 3 is 2.70 bits per heavy atom. The fourth-order valence-corrected chi connectivity index (χ4v) is 3.81. The predicted molar refractivity (Wildman–Crippen MR) is 127 cm³/mol. The number of benzene rings is 1. The van der Waals surface area contributed by atoms with E-state index >= 15 is 0 Å². The molecule has 0 saturated heterocycles. The topological polar surface area (TPSA) is 100 Å². The number of pyridine rings is 1. The zero-order chi connectivity index (χ0) is 23.4. The smallest absolute Gasteiger partial charge is 0.434 e. The number of hydrogen-bond donors (Lipinski definition) is 1. The van der Waals surface area contributed by atoms with E-state index in [-0.39, 0.29) is 11.6 Å². The lowest BCUT2D eigenvalue weighted by Crippen LogP contribution is -2.11. The Bertz CT molecular complexity index is 1390. The summed E-state index contributed by atoms with van der Waals surface area (Å²) in [7, 11) is 1.29. The molecule has 0 spiro atoms. The van der Waals surface area contributed by atoms with Gasteiger partial charge in [-0.2, -0.15) is 21.1 Å². The Hall–Kier alpha value is -4.22. The van der Waals surface area contributed by atoms with Crippen LogP contribution in [0.5, 0.6) is 0 Å². The number of hydrogen-bond acceptors (Lipinski definition) is 7. The molecule has 3 heterocycles. The van der Waals surface area contributed by atoms with Crippen LogP contribution in [-0.4, -0.2) is 33.8 Å². The summed E-state index contributed by atoms with van der Waals surface area (Å²) < 4.78 is 5.76. The van der Waals surface area contributed by atoms with E-state index in [4.69, 9.17) is 5.73 Å². The number of nitrogens with zero attached hydrogens (tertiary/aromatic N) is 3. The summed E-state index contributed by atoms with van der Waals surface area (Å²) in [6, 6.07) is 9.27. The van der Waals surface area contributed by atoms with Gasteiger partial charge in [-0.15, -0.1) is 0 Å². The predicted octanol–water partition coefficient (Wildman–Crippen LogP) is 4.34. The number of nitrogen functional groups attached to an aromatic ring is 1. The third kappa shape index (κ3) is 5.00. The largest absolute Gasteiger partial charge is 0.451 e. The number of carbonyl (C=O) groups is 2. The highest BCUT2D eigenvalue weighted by Crippen LogP contribution is 2.22. The van der Waals surface area contributed by atoms with Crippen molar-refractivity contribution in [2.75, 3.05) is 12.8 Å². The lowest BCUT2D eigenvalue weighted by molar-refractivity contribution is 0.0993. The molecular weight excluding hydrogens is 436 g/mol. The van der Waals surface area contributed by atoms with Crippen LogP contribution in [0.2, 0.25) is 0 Å². The summed E-state index contributed by atoms with van der Waals surface area (Å²) in [5, 5.41) is 7.93. The quantitative estimate of drug-likeness (QED) is 0.362. The molecule has 0 amide bonds. The SMILES string of the molecule is COC(=O)n1cc(-c2cnc(N)c(C#Cc3cc(C(=O)Cc4ccsc4)ccc3C)c2)cn1. The molecule has 0 bridgehead atoms. The lowest BCUT2D eigenvalue weighted by Gasteiger charge is -2.04. The molecule has 33 heavy (non-hydrogen) atoms. The van der Waals surface area contributed by atoms with E-state index in [0.717, 1.165) is 21.4 Å². The van der Waals surface area contributed by atoms with E-state index in [1.807, 2.05) is 41.9 Å². The second-order valence-corrected chi connectivity index (χ2v) is 8.09. The van der Waals surface area contributed by atoms with Gasteiger partial charge in [0, 0.05) is 41.1 Å². The first-order chi connectivity index (χ1) is 15.9. The van der Waals surface area contributed by atoms with Gasteiger partial charge in [0.1, 0.15) is 5.82 Å². The number of nitrogens with two attached hydrogens (primary N) is 1. The number of ether oxygens (including phenoxy) is 1. The summed E-state index contributed by atoms with van der Waals surface area (Å²) in [5.41, 5.74) is 11.3. The number of rotatable bonds is 4. The Morgan fingerprint density at radius 2 is 1.94 bits per heavy atom. The zero-order valence-electron chi connectivity index (χ0n) is 18.0. The van der Waals surface area contributed by atoms with E-state index in [9.17, 15) is 9.59 Å². The summed E-state index contributed by atoms with van der Waals surface area (Å²) in [6.45, 7) is 1.94. The maximum Gasteiger partial charge on any atom is 0.434 e. The van der Waals surface area contributed by atoms with Crippen molar-refractivity contribution in [1.29, 1.82) is 0 Å². The fraction of sp³-hybridized carbons (Fsp3) is 0.120. The van der Waals surface area contributed by atoms with Gasteiger partial charge in [-0.3, -0.25) is 4.79 Å². The molecule has 3 aromatic heterocycles. The van der Waals surface area contributed by atoms with Crippen LogP contribution in [0.3, 0.4) is 0 Å². The van der Waals surface area contributed by atoms with Gasteiger partial charge in [0.25, 0.3) is 0 Å². The molecule has 0 fully saturated rings. The maximum absolute atomic E-state index is 12.7. The van der Waals surface area contributed by atoms with Crippen molar-refractivity contribution in [3.8, 4) is 23.0 Å². The number of carbonyl (C=O) groups excluding carboxylic acids is 2. The van der Waals surface area contributed by atoms with Crippen LogP contribution in [0.4, 0.5) is 10.6 Å². The van der Waals surface area contributed by atoms with E-state index in [0.29, 0.717) is 28.7 Å². The molecule has 7 nitrogen and oxygen atoms in total. The third-order valence-corrected chi connectivity index (χ3v) is 5.76. The number of anilines is 1. The van der Waals surface area contributed by atoms with Crippen molar-refractivity contribution in [3.05, 3.63) is 87.5 Å². The van der Waals surface area contributed by atoms with Gasteiger partial charge in [0.2, 0.25) is 0 Å². The van der Waals surface area contributed by atoms with Crippen LogP contribution < -0.4 is 5.73 Å². The molecule has 4 aromatic rings. The first kappa shape index (κ1) is 22.0. The van der Waals surface area contributed by atoms with Gasteiger partial charge in [-0.05, 0) is 47.0 Å². The van der Waals surface area contributed by atoms with E-state index in [1.165, 1.54) is 13.3 Å². The standard InChI is InChI=1S/C25H20N4O3S/c1-16-3-4-19(23(30)9-17-7-8-33-15-17)10-18(16)5-6-20-11-21(12-27-24(20)26)22-13-28-29(14-22)25(31)32-2/h3-4,7-8,10-15H,9H2,1-2H3,(H2,26,27). The Balaban J connectivity index is 1.61. The summed E-state index contributed by atoms with van der Waals surface area (Å²) in [5.74, 6) is 6.52. The minimum Gasteiger partial charge on any atom is -0.451 e. The molecule has 8 heteroatoms. The average molecular weight is 457 g/mol. The molecule has 0 aliphatic heterocycles. The third-order valence-electron chi connectivity index (χ3n) is 5.03. The molecule has 164 valence electrons. The van der Waals surface area contributed by atoms with E-state index in [1.54, 1.807) is 29.8 Å². The number of methoxy groups -OCH3 is 1. The number of Topliss-reactive ketones (excluding diaryl/α,β-unsaturated/α-hetero) is 1. The second kappa shape index (κ2) is 9.51. The van der Waals surface area contributed by atoms with Gasteiger partial charge in [-0.1, -0.05) is 24.0 Å². The second-order valence-electron chi connectivity index (χ2n) is 7.31. The molecule has 0 aliphatic rings. The van der Waals surface area contributed by atoms with Gasteiger partial charge in [0.05, 0.1) is 18.9 Å². The first-order valence-corrected chi connectivity index (χ1v) is 10.9. The Kier molecular flexibility index (Phi) is 6.33. The van der Waals surface area contributed by atoms with Crippen LogP contribution in [0.1, 0.15) is 32.6 Å². The Morgan fingerprint density at radius 1 is 1.12 bits per heavy atom. The Labute approximate surface area is 194 Å². The number of aromatic nitrogens is 3. The van der Waals surface area contributed by atoms with Crippen molar-refractivity contribution in [2.45, 2.75) is 13.3 Å². The highest BCUT2D eigenvalue weighted by molar-refractivity contribution is 7.08. The van der Waals surface area contributed by atoms with Crippen LogP contribution >= 0.6 is 11.3 Å². The van der Waals surface area contributed by atoms with Crippen LogP contribution in [-0.2, 0) is 11.2 Å². The minimum absolute atomic E-state index is 0.0437. The highest BCUT2D eigenvalue weighted by Gasteiger charge is 2.11.